The number of nitrogens with zero attached hydrogens (tertiary/aromatic N) is 2. The van der Waals surface area contributed by atoms with Gasteiger partial charge in [-0.05, 0) is 32.9 Å². The van der Waals surface area contributed by atoms with Gasteiger partial charge in [-0.1, -0.05) is 6.92 Å². The molecule has 3 heterocycles. The lowest BCUT2D eigenvalue weighted by Gasteiger charge is -2.35. The number of hydrogen-bond donors (Lipinski definition) is 0. The van der Waals surface area contributed by atoms with Crippen molar-refractivity contribution in [1.82, 2.24) is 9.80 Å². The van der Waals surface area contributed by atoms with Gasteiger partial charge in [-0.3, -0.25) is 4.79 Å². The molecule has 1 spiro atoms. The third-order valence-electron chi connectivity index (χ3n) is 5.18. The Bertz CT molecular complexity index is 568. The summed E-state index contributed by atoms with van der Waals surface area (Å²) in [4.78, 5) is 17.2. The van der Waals surface area contributed by atoms with Gasteiger partial charge in [0.15, 0.2) is 0 Å². The third-order valence-corrected chi connectivity index (χ3v) is 5.18. The van der Waals surface area contributed by atoms with Crippen molar-refractivity contribution >= 4 is 5.91 Å². The molecule has 0 N–H and O–H groups in total. The first-order valence-corrected chi connectivity index (χ1v) is 8.04. The van der Waals surface area contributed by atoms with Crippen molar-refractivity contribution in [1.29, 1.82) is 0 Å². The molecule has 2 fully saturated rings. The molecule has 5 nitrogen and oxygen atoms in total. The van der Waals surface area contributed by atoms with E-state index < -0.39 is 0 Å². The van der Waals surface area contributed by atoms with E-state index in [1.807, 2.05) is 24.8 Å². The van der Waals surface area contributed by atoms with E-state index in [2.05, 4.69) is 18.9 Å². The summed E-state index contributed by atoms with van der Waals surface area (Å²) >= 11 is 0. The predicted molar refractivity (Wildman–Crippen MR) is 84.0 cm³/mol. The number of carbonyl (C=O) groups is 1. The Labute approximate surface area is 132 Å². The van der Waals surface area contributed by atoms with E-state index in [1.165, 1.54) is 0 Å². The first kappa shape index (κ1) is 15.6. The van der Waals surface area contributed by atoms with Crippen LogP contribution in [0.4, 0.5) is 0 Å². The van der Waals surface area contributed by atoms with E-state index in [-0.39, 0.29) is 11.3 Å². The van der Waals surface area contributed by atoms with Gasteiger partial charge in [0.05, 0.1) is 18.8 Å². The number of hydrogen-bond acceptors (Lipinski definition) is 4. The van der Waals surface area contributed by atoms with Crippen LogP contribution >= 0.6 is 0 Å². The van der Waals surface area contributed by atoms with Crippen molar-refractivity contribution in [3.63, 3.8) is 0 Å². The van der Waals surface area contributed by atoms with Crippen LogP contribution in [0.3, 0.4) is 0 Å². The minimum Gasteiger partial charge on any atom is -0.466 e. The quantitative estimate of drug-likeness (QED) is 0.795. The summed E-state index contributed by atoms with van der Waals surface area (Å²) in [5, 5.41) is 0. The third kappa shape index (κ3) is 2.68. The average molecular weight is 306 g/mol. The fourth-order valence-corrected chi connectivity index (χ4v) is 3.95. The first-order valence-electron chi connectivity index (χ1n) is 8.04. The summed E-state index contributed by atoms with van der Waals surface area (Å²) in [5.41, 5.74) is 0.738. The molecule has 5 heteroatoms. The minimum atomic E-state index is 0.0492. The number of amides is 1. The lowest BCUT2D eigenvalue weighted by atomic mass is 9.79. The van der Waals surface area contributed by atoms with Gasteiger partial charge < -0.3 is 19.0 Å². The molecule has 22 heavy (non-hydrogen) atoms. The summed E-state index contributed by atoms with van der Waals surface area (Å²) in [5.74, 6) is 2.09. The molecule has 1 aromatic rings. The van der Waals surface area contributed by atoms with Crippen LogP contribution in [0.5, 0.6) is 0 Å². The molecule has 0 aromatic carbocycles. The summed E-state index contributed by atoms with van der Waals surface area (Å²) in [6.07, 6.45) is 0. The zero-order valence-corrected chi connectivity index (χ0v) is 14.0. The van der Waals surface area contributed by atoms with Gasteiger partial charge in [0.25, 0.3) is 5.91 Å². The Hall–Kier alpha value is -1.33. The Morgan fingerprint density at radius 3 is 2.73 bits per heavy atom. The van der Waals surface area contributed by atoms with Gasteiger partial charge in [0.2, 0.25) is 0 Å². The molecule has 1 amide bonds. The molecule has 122 valence electrons. The number of furan rings is 1. The number of aryl methyl sites for hydroxylation is 2. The van der Waals surface area contributed by atoms with Crippen LogP contribution in [0.15, 0.2) is 10.5 Å². The number of ether oxygens (including phenoxy) is 1. The Balaban J connectivity index is 1.84. The molecule has 3 rings (SSSR count). The van der Waals surface area contributed by atoms with Crippen molar-refractivity contribution in [3.05, 3.63) is 23.2 Å². The molecule has 0 unspecified atom stereocenters. The Morgan fingerprint density at radius 2 is 2.14 bits per heavy atom. The predicted octanol–water partition coefficient (Wildman–Crippen LogP) is 1.94. The smallest absolute Gasteiger partial charge is 0.257 e. The summed E-state index contributed by atoms with van der Waals surface area (Å²) < 4.78 is 11.4. The number of carbonyl (C=O) groups excluding carboxylic acids is 1. The monoisotopic (exact) mass is 306 g/mol. The highest BCUT2D eigenvalue weighted by Crippen LogP contribution is 2.38. The second kappa shape index (κ2) is 5.70. The van der Waals surface area contributed by atoms with Crippen LogP contribution < -0.4 is 0 Å². The van der Waals surface area contributed by atoms with E-state index >= 15 is 0 Å². The largest absolute Gasteiger partial charge is 0.466 e. The van der Waals surface area contributed by atoms with Crippen molar-refractivity contribution in [2.45, 2.75) is 20.8 Å². The maximum Gasteiger partial charge on any atom is 0.257 e. The van der Waals surface area contributed by atoms with Gasteiger partial charge in [-0.2, -0.15) is 0 Å². The van der Waals surface area contributed by atoms with Crippen LogP contribution in [0.1, 0.15) is 28.8 Å². The van der Waals surface area contributed by atoms with Crippen molar-refractivity contribution in [3.8, 4) is 0 Å². The van der Waals surface area contributed by atoms with Crippen molar-refractivity contribution < 1.29 is 13.9 Å². The molecular formula is C17H26N2O3. The minimum absolute atomic E-state index is 0.0492. The summed E-state index contributed by atoms with van der Waals surface area (Å²) in [6.45, 7) is 10.8. The fourth-order valence-electron chi connectivity index (χ4n) is 3.95. The molecule has 2 saturated heterocycles. The van der Waals surface area contributed by atoms with Crippen LogP contribution in [0.25, 0.3) is 0 Å². The average Bonchev–Trinajstić information content (AvgIpc) is 2.81. The Morgan fingerprint density at radius 1 is 1.36 bits per heavy atom. The van der Waals surface area contributed by atoms with Gasteiger partial charge in [0, 0.05) is 31.6 Å². The highest BCUT2D eigenvalue weighted by molar-refractivity contribution is 5.95. The molecule has 0 radical (unpaired) electrons. The van der Waals surface area contributed by atoms with E-state index in [0.29, 0.717) is 30.4 Å². The molecule has 0 bridgehead atoms. The SMILES string of the molecule is Cc1cc(C(=O)N2CCOC[C@]3(CN(C)C[C@H]3C)C2)c(C)o1. The van der Waals surface area contributed by atoms with E-state index in [0.717, 1.165) is 32.0 Å². The van der Waals surface area contributed by atoms with Gasteiger partial charge in [0.1, 0.15) is 11.5 Å². The van der Waals surface area contributed by atoms with Crippen molar-refractivity contribution in [2.75, 3.05) is 46.4 Å². The molecule has 1 aromatic heterocycles. The normalized spacial score (nSPS) is 30.0. The van der Waals surface area contributed by atoms with Crippen LogP contribution in [-0.2, 0) is 4.74 Å². The Kier molecular flexibility index (Phi) is 4.03. The second-order valence-corrected chi connectivity index (χ2v) is 7.07. The molecule has 0 aliphatic carbocycles. The zero-order valence-electron chi connectivity index (χ0n) is 14.0. The van der Waals surface area contributed by atoms with Gasteiger partial charge in [-0.25, -0.2) is 0 Å². The highest BCUT2D eigenvalue weighted by atomic mass is 16.5. The molecule has 0 saturated carbocycles. The lowest BCUT2D eigenvalue weighted by Crippen LogP contribution is -2.45. The topological polar surface area (TPSA) is 45.9 Å². The first-order chi connectivity index (χ1) is 10.4. The zero-order chi connectivity index (χ0) is 15.9. The molecule has 2 atom stereocenters. The maximum absolute atomic E-state index is 12.9. The standard InChI is InChI=1S/C17H26N2O3/c1-12-8-18(4)9-17(12)10-19(5-6-21-11-17)16(20)15-7-13(2)22-14(15)3/h7,12H,5-6,8-11H2,1-4H3/t12-,17+/m1/s1. The van der Waals surface area contributed by atoms with Crippen LogP contribution in [-0.4, -0.2) is 62.1 Å². The van der Waals surface area contributed by atoms with Crippen molar-refractivity contribution in [2.24, 2.45) is 11.3 Å². The molecule has 2 aliphatic rings. The number of likely N-dealkylation sites (tertiary alicyclic amines) is 1. The summed E-state index contributed by atoms with van der Waals surface area (Å²) in [6, 6.07) is 1.85. The van der Waals surface area contributed by atoms with Gasteiger partial charge >= 0.3 is 0 Å². The summed E-state index contributed by atoms with van der Waals surface area (Å²) in [7, 11) is 2.14. The van der Waals surface area contributed by atoms with E-state index in [1.54, 1.807) is 0 Å². The van der Waals surface area contributed by atoms with E-state index in [4.69, 9.17) is 9.15 Å². The van der Waals surface area contributed by atoms with Crippen LogP contribution in [0.2, 0.25) is 0 Å². The fraction of sp³-hybridized carbons (Fsp3) is 0.706. The number of rotatable bonds is 1. The molecular weight excluding hydrogens is 280 g/mol. The maximum atomic E-state index is 12.9. The second-order valence-electron chi connectivity index (χ2n) is 7.07. The molecule has 2 aliphatic heterocycles. The van der Waals surface area contributed by atoms with Crippen LogP contribution in [0, 0.1) is 25.2 Å². The highest BCUT2D eigenvalue weighted by Gasteiger charge is 2.46. The lowest BCUT2D eigenvalue weighted by molar-refractivity contribution is 0.0490. The van der Waals surface area contributed by atoms with E-state index in [9.17, 15) is 4.79 Å². The van der Waals surface area contributed by atoms with Gasteiger partial charge in [-0.15, -0.1) is 0 Å².